The number of benzene rings is 1. The minimum atomic E-state index is 0.580. The summed E-state index contributed by atoms with van der Waals surface area (Å²) in [5.41, 5.74) is 8.07. The maximum absolute atomic E-state index is 5.68. The fourth-order valence-corrected chi connectivity index (χ4v) is 2.08. The van der Waals surface area contributed by atoms with Gasteiger partial charge < -0.3 is 15.4 Å². The molecule has 0 aliphatic heterocycles. The van der Waals surface area contributed by atoms with E-state index in [1.165, 1.54) is 24.8 Å². The zero-order chi connectivity index (χ0) is 13.4. The van der Waals surface area contributed by atoms with Crippen LogP contribution in [0, 0.1) is 0 Å². The molecule has 3 heteroatoms. The Bertz CT molecular complexity index is 352. The van der Waals surface area contributed by atoms with Gasteiger partial charge in [-0.1, -0.05) is 25.8 Å². The minimum absolute atomic E-state index is 0.580. The number of rotatable bonds is 8. The van der Waals surface area contributed by atoms with Crippen LogP contribution in [0.2, 0.25) is 0 Å². The quantitative estimate of drug-likeness (QED) is 0.721. The number of hydrogen-bond donors (Lipinski definition) is 1. The Morgan fingerprint density at radius 1 is 1.28 bits per heavy atom. The number of methoxy groups -OCH3 is 1. The third-order valence-electron chi connectivity index (χ3n) is 3.16. The van der Waals surface area contributed by atoms with Gasteiger partial charge in [0.2, 0.25) is 0 Å². The van der Waals surface area contributed by atoms with Crippen molar-refractivity contribution in [2.45, 2.75) is 39.3 Å². The third-order valence-corrected chi connectivity index (χ3v) is 3.16. The second-order valence-corrected chi connectivity index (χ2v) is 4.80. The van der Waals surface area contributed by atoms with Crippen LogP contribution in [-0.2, 0) is 13.1 Å². The highest BCUT2D eigenvalue weighted by atomic mass is 16.5. The number of ether oxygens (including phenoxy) is 1. The van der Waals surface area contributed by atoms with Gasteiger partial charge in [-0.05, 0) is 37.7 Å². The van der Waals surface area contributed by atoms with E-state index < -0.39 is 0 Å². The maximum atomic E-state index is 5.68. The molecule has 1 aromatic rings. The predicted octanol–water partition coefficient (Wildman–Crippen LogP) is 2.78. The zero-order valence-electron chi connectivity index (χ0n) is 11.9. The van der Waals surface area contributed by atoms with Crippen molar-refractivity contribution in [1.29, 1.82) is 0 Å². The van der Waals surface area contributed by atoms with Crippen molar-refractivity contribution in [2.24, 2.45) is 5.73 Å². The van der Waals surface area contributed by atoms with Crippen molar-refractivity contribution >= 4 is 0 Å². The van der Waals surface area contributed by atoms with E-state index in [1.807, 2.05) is 12.1 Å². The second-order valence-electron chi connectivity index (χ2n) is 4.80. The van der Waals surface area contributed by atoms with Gasteiger partial charge in [0.05, 0.1) is 7.11 Å². The number of hydrogen-bond acceptors (Lipinski definition) is 3. The average Bonchev–Trinajstić information content (AvgIpc) is 2.39. The van der Waals surface area contributed by atoms with Gasteiger partial charge in [-0.25, -0.2) is 0 Å². The Kier molecular flexibility index (Phi) is 6.76. The highest BCUT2D eigenvalue weighted by molar-refractivity contribution is 5.37. The first-order valence-corrected chi connectivity index (χ1v) is 6.75. The van der Waals surface area contributed by atoms with Crippen LogP contribution in [0.25, 0.3) is 0 Å². The lowest BCUT2D eigenvalue weighted by Crippen LogP contribution is -2.19. The molecule has 0 spiro atoms. The van der Waals surface area contributed by atoms with Crippen LogP contribution in [0.3, 0.4) is 0 Å². The number of unbranched alkanes of at least 4 members (excludes halogenated alkanes) is 2. The van der Waals surface area contributed by atoms with Crippen molar-refractivity contribution in [3.8, 4) is 5.75 Å². The Morgan fingerprint density at radius 3 is 2.67 bits per heavy atom. The van der Waals surface area contributed by atoms with Gasteiger partial charge in [0.15, 0.2) is 0 Å². The lowest BCUT2D eigenvalue weighted by atomic mass is 10.1. The first kappa shape index (κ1) is 15.0. The van der Waals surface area contributed by atoms with Gasteiger partial charge in [0.25, 0.3) is 0 Å². The lowest BCUT2D eigenvalue weighted by Gasteiger charge is -2.19. The summed E-state index contributed by atoms with van der Waals surface area (Å²) < 4.78 is 5.40. The fraction of sp³-hybridized carbons (Fsp3) is 0.600. The van der Waals surface area contributed by atoms with Crippen molar-refractivity contribution in [3.05, 3.63) is 29.3 Å². The van der Waals surface area contributed by atoms with Crippen LogP contribution in [0.15, 0.2) is 18.2 Å². The maximum Gasteiger partial charge on any atom is 0.123 e. The molecule has 18 heavy (non-hydrogen) atoms. The fourth-order valence-electron chi connectivity index (χ4n) is 2.08. The van der Waals surface area contributed by atoms with E-state index in [-0.39, 0.29) is 0 Å². The van der Waals surface area contributed by atoms with E-state index in [1.54, 1.807) is 7.11 Å². The Morgan fingerprint density at radius 2 is 2.06 bits per heavy atom. The summed E-state index contributed by atoms with van der Waals surface area (Å²) in [6.45, 7) is 4.86. The molecule has 0 saturated carbocycles. The van der Waals surface area contributed by atoms with Crippen LogP contribution in [0.5, 0.6) is 5.75 Å². The highest BCUT2D eigenvalue weighted by Crippen LogP contribution is 2.21. The van der Waals surface area contributed by atoms with Crippen molar-refractivity contribution in [2.75, 3.05) is 20.7 Å². The summed E-state index contributed by atoms with van der Waals surface area (Å²) in [5, 5.41) is 0. The van der Waals surface area contributed by atoms with E-state index in [0.717, 1.165) is 24.4 Å². The van der Waals surface area contributed by atoms with E-state index in [4.69, 9.17) is 10.5 Å². The largest absolute Gasteiger partial charge is 0.496 e. The van der Waals surface area contributed by atoms with Gasteiger partial charge in [-0.15, -0.1) is 0 Å². The molecule has 0 aliphatic carbocycles. The first-order chi connectivity index (χ1) is 8.71. The second kappa shape index (κ2) is 8.11. The van der Waals surface area contributed by atoms with E-state index in [9.17, 15) is 0 Å². The first-order valence-electron chi connectivity index (χ1n) is 6.75. The molecule has 3 nitrogen and oxygen atoms in total. The smallest absolute Gasteiger partial charge is 0.123 e. The number of nitrogens with zero attached hydrogens (tertiary/aromatic N) is 1. The van der Waals surface area contributed by atoms with E-state index >= 15 is 0 Å². The van der Waals surface area contributed by atoms with Gasteiger partial charge in [0.1, 0.15) is 5.75 Å². The minimum Gasteiger partial charge on any atom is -0.496 e. The van der Waals surface area contributed by atoms with E-state index in [0.29, 0.717) is 6.54 Å². The summed E-state index contributed by atoms with van der Waals surface area (Å²) in [7, 11) is 3.88. The standard InChI is InChI=1S/C15H26N2O/c1-4-5-6-9-17(2)12-14-10-13(11-16)7-8-15(14)18-3/h7-8,10H,4-6,9,11-12,16H2,1-3H3. The van der Waals surface area contributed by atoms with Crippen molar-refractivity contribution < 1.29 is 4.74 Å². The van der Waals surface area contributed by atoms with Crippen LogP contribution >= 0.6 is 0 Å². The zero-order valence-corrected chi connectivity index (χ0v) is 11.9. The highest BCUT2D eigenvalue weighted by Gasteiger charge is 2.07. The van der Waals surface area contributed by atoms with Gasteiger partial charge in [-0.2, -0.15) is 0 Å². The molecule has 0 unspecified atom stereocenters. The Balaban J connectivity index is 2.63. The molecular weight excluding hydrogens is 224 g/mol. The molecule has 2 N–H and O–H groups in total. The van der Waals surface area contributed by atoms with Gasteiger partial charge in [-0.3, -0.25) is 0 Å². The lowest BCUT2D eigenvalue weighted by molar-refractivity contribution is 0.310. The summed E-state index contributed by atoms with van der Waals surface area (Å²) in [6.07, 6.45) is 3.82. The van der Waals surface area contributed by atoms with Gasteiger partial charge in [0, 0.05) is 18.7 Å². The normalized spacial score (nSPS) is 10.9. The van der Waals surface area contributed by atoms with Crippen LogP contribution in [0.4, 0.5) is 0 Å². The Labute approximate surface area is 111 Å². The summed E-state index contributed by atoms with van der Waals surface area (Å²) >= 11 is 0. The molecule has 0 bridgehead atoms. The Hall–Kier alpha value is -1.06. The molecule has 0 fully saturated rings. The monoisotopic (exact) mass is 250 g/mol. The SMILES string of the molecule is CCCCCN(C)Cc1cc(CN)ccc1OC. The molecule has 0 atom stereocenters. The van der Waals surface area contributed by atoms with Crippen LogP contribution in [0.1, 0.15) is 37.3 Å². The van der Waals surface area contributed by atoms with Gasteiger partial charge >= 0.3 is 0 Å². The topological polar surface area (TPSA) is 38.5 Å². The molecule has 0 radical (unpaired) electrons. The third kappa shape index (κ3) is 4.67. The predicted molar refractivity (Wildman–Crippen MR) is 76.7 cm³/mol. The molecular formula is C15H26N2O. The average molecular weight is 250 g/mol. The molecule has 102 valence electrons. The van der Waals surface area contributed by atoms with Crippen LogP contribution in [-0.4, -0.2) is 25.6 Å². The molecule has 0 aromatic heterocycles. The van der Waals surface area contributed by atoms with Crippen LogP contribution < -0.4 is 10.5 Å². The molecule has 0 amide bonds. The number of nitrogens with two attached hydrogens (primary N) is 1. The molecule has 0 aliphatic rings. The molecule has 0 heterocycles. The molecule has 1 aromatic carbocycles. The summed E-state index contributed by atoms with van der Waals surface area (Å²) in [5.74, 6) is 0.953. The summed E-state index contributed by atoms with van der Waals surface area (Å²) in [6, 6.07) is 6.19. The summed E-state index contributed by atoms with van der Waals surface area (Å²) in [4.78, 5) is 2.34. The van der Waals surface area contributed by atoms with Crippen molar-refractivity contribution in [1.82, 2.24) is 4.90 Å². The van der Waals surface area contributed by atoms with E-state index in [2.05, 4.69) is 24.9 Å². The van der Waals surface area contributed by atoms with Crippen molar-refractivity contribution in [3.63, 3.8) is 0 Å². The molecule has 1 rings (SSSR count). The molecule has 0 saturated heterocycles.